The van der Waals surface area contributed by atoms with E-state index in [9.17, 15) is 14.4 Å². The number of alkyl carbamates (subject to hydrolysis) is 1. The van der Waals surface area contributed by atoms with Crippen LogP contribution in [-0.4, -0.2) is 30.1 Å². The van der Waals surface area contributed by atoms with Crippen molar-refractivity contribution in [2.75, 3.05) is 5.32 Å². The highest BCUT2D eigenvalue weighted by Crippen LogP contribution is 2.12. The average molecular weight is 423 g/mol. The highest BCUT2D eigenvalue weighted by atomic mass is 16.6. The summed E-state index contributed by atoms with van der Waals surface area (Å²) in [6, 6.07) is 16.5. The first kappa shape index (κ1) is 23.4. The number of nitrogens with zero attached hydrogens (tertiary/aromatic N) is 1. The molecule has 2 atom stereocenters. The number of ether oxygens (including phenoxy) is 2. The molecular weight excluding hydrogens is 398 g/mol. The molecule has 2 aromatic carbocycles. The molecule has 2 amide bonds. The fourth-order valence-electron chi connectivity index (χ4n) is 2.60. The number of anilines is 1. The quantitative estimate of drug-likeness (QED) is 0.629. The number of esters is 1. The summed E-state index contributed by atoms with van der Waals surface area (Å²) in [7, 11) is 0. The zero-order valence-electron chi connectivity index (χ0n) is 17.6. The van der Waals surface area contributed by atoms with Gasteiger partial charge >= 0.3 is 12.1 Å². The molecule has 0 aromatic heterocycles. The fourth-order valence-corrected chi connectivity index (χ4v) is 2.60. The molecule has 0 saturated carbocycles. The number of amides is 2. The number of benzene rings is 2. The molecule has 2 N–H and O–H groups in total. The van der Waals surface area contributed by atoms with Crippen molar-refractivity contribution in [1.82, 2.24) is 5.32 Å². The van der Waals surface area contributed by atoms with Crippen LogP contribution in [0.5, 0.6) is 0 Å². The largest absolute Gasteiger partial charge is 0.451 e. The van der Waals surface area contributed by atoms with Crippen LogP contribution in [0.1, 0.15) is 31.9 Å². The van der Waals surface area contributed by atoms with E-state index in [4.69, 9.17) is 14.7 Å². The summed E-state index contributed by atoms with van der Waals surface area (Å²) in [5.41, 5.74) is 1.61. The Bertz CT molecular complexity index is 953. The molecule has 8 nitrogen and oxygen atoms in total. The Hall–Kier alpha value is -3.86. The molecular formula is C23H25N3O5. The summed E-state index contributed by atoms with van der Waals surface area (Å²) in [6.07, 6.45) is -1.87. The van der Waals surface area contributed by atoms with Gasteiger partial charge < -0.3 is 20.1 Å². The second kappa shape index (κ2) is 11.4. The Morgan fingerprint density at radius 3 is 2.39 bits per heavy atom. The molecule has 2 rings (SSSR count). The first-order valence-electron chi connectivity index (χ1n) is 9.79. The Balaban J connectivity index is 1.90. The summed E-state index contributed by atoms with van der Waals surface area (Å²) in [5, 5.41) is 14.0. The third-order valence-corrected chi connectivity index (χ3v) is 4.33. The van der Waals surface area contributed by atoms with Crippen molar-refractivity contribution in [3.8, 4) is 6.07 Å². The van der Waals surface area contributed by atoms with E-state index in [0.29, 0.717) is 11.3 Å². The van der Waals surface area contributed by atoms with Gasteiger partial charge in [0.15, 0.2) is 6.10 Å². The minimum atomic E-state index is -1.11. The van der Waals surface area contributed by atoms with Crippen LogP contribution in [0, 0.1) is 17.2 Å². The van der Waals surface area contributed by atoms with Crippen LogP contribution in [0.4, 0.5) is 10.5 Å². The second-order valence-electron chi connectivity index (χ2n) is 7.19. The van der Waals surface area contributed by atoms with Crippen molar-refractivity contribution in [3.63, 3.8) is 0 Å². The van der Waals surface area contributed by atoms with Gasteiger partial charge in [-0.15, -0.1) is 0 Å². The molecule has 0 aliphatic carbocycles. The lowest BCUT2D eigenvalue weighted by Gasteiger charge is -2.22. The van der Waals surface area contributed by atoms with Crippen LogP contribution in [-0.2, 0) is 25.7 Å². The number of hydrogen-bond acceptors (Lipinski definition) is 6. The second-order valence-corrected chi connectivity index (χ2v) is 7.19. The summed E-state index contributed by atoms with van der Waals surface area (Å²) in [5.74, 6) is -1.60. The van der Waals surface area contributed by atoms with E-state index in [2.05, 4.69) is 10.6 Å². The van der Waals surface area contributed by atoms with Gasteiger partial charge in [-0.05, 0) is 36.6 Å². The van der Waals surface area contributed by atoms with E-state index in [1.54, 1.807) is 32.0 Å². The van der Waals surface area contributed by atoms with Gasteiger partial charge in [0, 0.05) is 5.69 Å². The highest BCUT2D eigenvalue weighted by Gasteiger charge is 2.29. The number of rotatable bonds is 8. The molecule has 0 fully saturated rings. The Kier molecular flexibility index (Phi) is 8.58. The van der Waals surface area contributed by atoms with Gasteiger partial charge in [-0.25, -0.2) is 9.59 Å². The van der Waals surface area contributed by atoms with Crippen LogP contribution < -0.4 is 10.6 Å². The minimum Gasteiger partial charge on any atom is -0.451 e. The Morgan fingerprint density at radius 2 is 1.74 bits per heavy atom. The number of hydrogen-bond donors (Lipinski definition) is 2. The van der Waals surface area contributed by atoms with E-state index >= 15 is 0 Å². The van der Waals surface area contributed by atoms with Crippen LogP contribution in [0.2, 0.25) is 0 Å². The van der Waals surface area contributed by atoms with Crippen molar-refractivity contribution < 1.29 is 23.9 Å². The van der Waals surface area contributed by atoms with Crippen LogP contribution in [0.25, 0.3) is 0 Å². The van der Waals surface area contributed by atoms with Crippen molar-refractivity contribution in [3.05, 3.63) is 65.7 Å². The SMILES string of the molecule is CC(C)[C@H](NC(=O)OCc1ccccc1)C(=O)O[C@@H](C)C(=O)Nc1cccc(C#N)c1. The van der Waals surface area contributed by atoms with Crippen molar-refractivity contribution in [2.45, 2.75) is 39.5 Å². The first-order valence-corrected chi connectivity index (χ1v) is 9.79. The maximum atomic E-state index is 12.5. The lowest BCUT2D eigenvalue weighted by Crippen LogP contribution is -2.47. The van der Waals surface area contributed by atoms with Crippen LogP contribution in [0.3, 0.4) is 0 Å². The molecule has 31 heavy (non-hydrogen) atoms. The topological polar surface area (TPSA) is 118 Å². The van der Waals surface area contributed by atoms with Gasteiger partial charge in [-0.3, -0.25) is 4.79 Å². The highest BCUT2D eigenvalue weighted by molar-refractivity contribution is 5.95. The minimum absolute atomic E-state index is 0.0626. The molecule has 2 aromatic rings. The fraction of sp³-hybridized carbons (Fsp3) is 0.304. The summed E-state index contributed by atoms with van der Waals surface area (Å²) < 4.78 is 10.4. The van der Waals surface area contributed by atoms with Gasteiger partial charge in [-0.2, -0.15) is 5.26 Å². The lowest BCUT2D eigenvalue weighted by atomic mass is 10.1. The molecule has 162 valence electrons. The third-order valence-electron chi connectivity index (χ3n) is 4.33. The predicted octanol–water partition coefficient (Wildman–Crippen LogP) is 3.38. The zero-order chi connectivity index (χ0) is 22.8. The predicted molar refractivity (Wildman–Crippen MR) is 114 cm³/mol. The maximum Gasteiger partial charge on any atom is 0.408 e. The molecule has 0 saturated heterocycles. The first-order chi connectivity index (χ1) is 14.8. The number of carbonyl (C=O) groups is 3. The molecule has 0 unspecified atom stereocenters. The van der Waals surface area contributed by atoms with E-state index in [1.165, 1.54) is 13.0 Å². The van der Waals surface area contributed by atoms with E-state index < -0.39 is 30.1 Å². The van der Waals surface area contributed by atoms with Crippen LogP contribution in [0.15, 0.2) is 54.6 Å². The van der Waals surface area contributed by atoms with Crippen molar-refractivity contribution in [1.29, 1.82) is 5.26 Å². The number of carbonyl (C=O) groups excluding carboxylic acids is 3. The summed E-state index contributed by atoms with van der Waals surface area (Å²) in [4.78, 5) is 37.0. The zero-order valence-corrected chi connectivity index (χ0v) is 17.6. The molecule has 0 aliphatic heterocycles. The number of nitriles is 1. The van der Waals surface area contributed by atoms with Crippen LogP contribution >= 0.6 is 0 Å². The number of nitrogens with one attached hydrogen (secondary N) is 2. The normalized spacial score (nSPS) is 12.2. The summed E-state index contributed by atoms with van der Waals surface area (Å²) >= 11 is 0. The lowest BCUT2D eigenvalue weighted by molar-refractivity contribution is -0.156. The molecule has 0 aliphatic rings. The van der Waals surface area contributed by atoms with E-state index in [-0.39, 0.29) is 12.5 Å². The van der Waals surface area contributed by atoms with Gasteiger partial charge in [-0.1, -0.05) is 50.2 Å². The van der Waals surface area contributed by atoms with E-state index in [1.807, 2.05) is 36.4 Å². The van der Waals surface area contributed by atoms with Gasteiger partial charge in [0.25, 0.3) is 5.91 Å². The Morgan fingerprint density at radius 1 is 1.03 bits per heavy atom. The molecule has 0 heterocycles. The van der Waals surface area contributed by atoms with E-state index in [0.717, 1.165) is 5.56 Å². The molecule has 8 heteroatoms. The molecule has 0 spiro atoms. The standard InChI is InChI=1S/C23H25N3O5/c1-15(2)20(26-23(29)30-14-17-8-5-4-6-9-17)22(28)31-16(3)21(27)25-19-11-7-10-18(12-19)13-24/h4-12,15-16,20H,14H2,1-3H3,(H,25,27)(H,26,29)/t16-,20-/m0/s1. The molecule has 0 radical (unpaired) electrons. The van der Waals surface area contributed by atoms with Gasteiger partial charge in [0.1, 0.15) is 12.6 Å². The monoisotopic (exact) mass is 423 g/mol. The third kappa shape index (κ3) is 7.48. The average Bonchev–Trinajstić information content (AvgIpc) is 2.76. The Labute approximate surface area is 181 Å². The smallest absolute Gasteiger partial charge is 0.408 e. The van der Waals surface area contributed by atoms with Crippen molar-refractivity contribution in [2.24, 2.45) is 5.92 Å². The summed E-state index contributed by atoms with van der Waals surface area (Å²) in [6.45, 7) is 4.96. The van der Waals surface area contributed by atoms with Gasteiger partial charge in [0.2, 0.25) is 0 Å². The van der Waals surface area contributed by atoms with Gasteiger partial charge in [0.05, 0.1) is 11.6 Å². The molecule has 0 bridgehead atoms. The maximum absolute atomic E-state index is 12.5. The van der Waals surface area contributed by atoms with Crippen molar-refractivity contribution >= 4 is 23.7 Å².